The third-order valence-corrected chi connectivity index (χ3v) is 3.09. The minimum atomic E-state index is -0.825. The first kappa shape index (κ1) is 16.2. The Morgan fingerprint density at radius 3 is 2.55 bits per heavy atom. The van der Waals surface area contributed by atoms with Crippen LogP contribution in [0.5, 0.6) is 0 Å². The van der Waals surface area contributed by atoms with E-state index in [0.29, 0.717) is 18.8 Å². The van der Waals surface area contributed by atoms with Gasteiger partial charge in [-0.2, -0.15) is 0 Å². The Kier molecular flexibility index (Phi) is 5.73. The van der Waals surface area contributed by atoms with Crippen molar-refractivity contribution >= 4 is 11.8 Å². The molecule has 6 nitrogen and oxygen atoms in total. The zero-order chi connectivity index (χ0) is 15.3. The number of carbonyl (C=O) groups is 1. The van der Waals surface area contributed by atoms with E-state index in [1.165, 1.54) is 0 Å². The van der Waals surface area contributed by atoms with Crippen molar-refractivity contribution in [1.82, 2.24) is 9.55 Å². The van der Waals surface area contributed by atoms with E-state index >= 15 is 0 Å². The van der Waals surface area contributed by atoms with Gasteiger partial charge in [-0.15, -0.1) is 0 Å². The molecule has 0 unspecified atom stereocenters. The number of rotatable bonds is 7. The standard InChI is InChI=1S/C14H23N3O3/c1-10(2)16(8-5-6-12(18)19)13-14(20)17(11(3)4)9-7-15-13/h7,9-11H,5-6,8H2,1-4H3,(H,18,19). The lowest BCUT2D eigenvalue weighted by Crippen LogP contribution is -2.39. The SMILES string of the molecule is CC(C)N(CCCC(=O)O)c1nccn(C(C)C)c1=O. The van der Waals surface area contributed by atoms with Crippen molar-refractivity contribution in [2.45, 2.75) is 52.6 Å². The van der Waals surface area contributed by atoms with Crippen LogP contribution in [0.2, 0.25) is 0 Å². The maximum atomic E-state index is 12.4. The predicted octanol–water partition coefficient (Wildman–Crippen LogP) is 1.90. The summed E-state index contributed by atoms with van der Waals surface area (Å²) in [6.07, 6.45) is 3.87. The Morgan fingerprint density at radius 2 is 2.05 bits per heavy atom. The summed E-state index contributed by atoms with van der Waals surface area (Å²) in [4.78, 5) is 29.0. The molecule has 0 spiro atoms. The summed E-state index contributed by atoms with van der Waals surface area (Å²) in [5, 5.41) is 8.71. The van der Waals surface area contributed by atoms with Crippen molar-refractivity contribution in [3.8, 4) is 0 Å². The highest BCUT2D eigenvalue weighted by Crippen LogP contribution is 2.11. The number of aliphatic carboxylic acids is 1. The molecular formula is C14H23N3O3. The molecule has 1 rings (SSSR count). The van der Waals surface area contributed by atoms with Crippen molar-refractivity contribution in [3.63, 3.8) is 0 Å². The first-order valence-electron chi connectivity index (χ1n) is 6.90. The lowest BCUT2D eigenvalue weighted by atomic mass is 10.2. The zero-order valence-electron chi connectivity index (χ0n) is 12.5. The molecule has 112 valence electrons. The van der Waals surface area contributed by atoms with E-state index in [4.69, 9.17) is 5.11 Å². The second-order valence-electron chi connectivity index (χ2n) is 5.34. The normalized spacial score (nSPS) is 11.1. The monoisotopic (exact) mass is 281 g/mol. The van der Waals surface area contributed by atoms with Crippen LogP contribution < -0.4 is 10.5 Å². The number of carboxylic acids is 1. The molecule has 1 heterocycles. The third-order valence-electron chi connectivity index (χ3n) is 3.09. The minimum Gasteiger partial charge on any atom is -0.481 e. The predicted molar refractivity (Wildman–Crippen MR) is 78.2 cm³/mol. The van der Waals surface area contributed by atoms with Crippen molar-refractivity contribution < 1.29 is 9.90 Å². The molecule has 1 aromatic rings. The Hall–Kier alpha value is -1.85. The molecule has 0 saturated carbocycles. The molecule has 0 aromatic carbocycles. The van der Waals surface area contributed by atoms with Gasteiger partial charge in [0.15, 0.2) is 5.82 Å². The fourth-order valence-corrected chi connectivity index (χ4v) is 2.03. The largest absolute Gasteiger partial charge is 0.481 e. The Labute approximate surface area is 119 Å². The Morgan fingerprint density at radius 1 is 1.40 bits per heavy atom. The molecule has 1 N–H and O–H groups in total. The number of carboxylic acid groups (broad SMARTS) is 1. The highest BCUT2D eigenvalue weighted by Gasteiger charge is 2.17. The van der Waals surface area contributed by atoms with Crippen LogP contribution in [0.1, 0.15) is 46.6 Å². The smallest absolute Gasteiger partial charge is 0.303 e. The second kappa shape index (κ2) is 7.07. The summed E-state index contributed by atoms with van der Waals surface area (Å²) >= 11 is 0. The van der Waals surface area contributed by atoms with Gasteiger partial charge in [0, 0.05) is 37.4 Å². The quantitative estimate of drug-likeness (QED) is 0.826. The van der Waals surface area contributed by atoms with Gasteiger partial charge in [-0.25, -0.2) is 4.98 Å². The van der Waals surface area contributed by atoms with Gasteiger partial charge in [-0.05, 0) is 34.1 Å². The molecule has 0 radical (unpaired) electrons. The van der Waals surface area contributed by atoms with Crippen LogP contribution in [0.4, 0.5) is 5.82 Å². The summed E-state index contributed by atoms with van der Waals surface area (Å²) in [7, 11) is 0. The van der Waals surface area contributed by atoms with Crippen LogP contribution in [0.25, 0.3) is 0 Å². The van der Waals surface area contributed by atoms with E-state index in [1.54, 1.807) is 17.0 Å². The molecular weight excluding hydrogens is 258 g/mol. The number of anilines is 1. The zero-order valence-corrected chi connectivity index (χ0v) is 12.5. The van der Waals surface area contributed by atoms with Gasteiger partial charge in [0.2, 0.25) is 0 Å². The van der Waals surface area contributed by atoms with Crippen LogP contribution in [-0.4, -0.2) is 33.2 Å². The fraction of sp³-hybridized carbons (Fsp3) is 0.643. The molecule has 0 saturated heterocycles. The van der Waals surface area contributed by atoms with E-state index in [9.17, 15) is 9.59 Å². The van der Waals surface area contributed by atoms with Crippen molar-refractivity contribution in [3.05, 3.63) is 22.7 Å². The van der Waals surface area contributed by atoms with E-state index in [-0.39, 0.29) is 24.1 Å². The van der Waals surface area contributed by atoms with Gasteiger partial charge in [0.25, 0.3) is 5.56 Å². The van der Waals surface area contributed by atoms with Crippen LogP contribution in [0.15, 0.2) is 17.2 Å². The summed E-state index contributed by atoms with van der Waals surface area (Å²) < 4.78 is 1.63. The van der Waals surface area contributed by atoms with Crippen LogP contribution in [-0.2, 0) is 4.79 Å². The van der Waals surface area contributed by atoms with Crippen molar-refractivity contribution in [2.75, 3.05) is 11.4 Å². The Balaban J connectivity index is 3.00. The van der Waals surface area contributed by atoms with Crippen LogP contribution in [0.3, 0.4) is 0 Å². The average Bonchev–Trinajstić information content (AvgIpc) is 2.34. The van der Waals surface area contributed by atoms with Crippen LogP contribution >= 0.6 is 0 Å². The number of aromatic nitrogens is 2. The lowest BCUT2D eigenvalue weighted by Gasteiger charge is -2.27. The average molecular weight is 281 g/mol. The topological polar surface area (TPSA) is 75.4 Å². The molecule has 0 aliphatic heterocycles. The van der Waals surface area contributed by atoms with Gasteiger partial charge in [0.05, 0.1) is 0 Å². The summed E-state index contributed by atoms with van der Waals surface area (Å²) in [6.45, 7) is 8.32. The summed E-state index contributed by atoms with van der Waals surface area (Å²) in [5.74, 6) is -0.434. The van der Waals surface area contributed by atoms with Crippen molar-refractivity contribution in [1.29, 1.82) is 0 Å². The second-order valence-corrected chi connectivity index (χ2v) is 5.34. The minimum absolute atomic E-state index is 0.0669. The summed E-state index contributed by atoms with van der Waals surface area (Å²) in [5.41, 5.74) is -0.133. The highest BCUT2D eigenvalue weighted by atomic mass is 16.4. The molecule has 0 atom stereocenters. The fourth-order valence-electron chi connectivity index (χ4n) is 2.03. The molecule has 1 aromatic heterocycles. The highest BCUT2D eigenvalue weighted by molar-refractivity contribution is 5.66. The molecule has 20 heavy (non-hydrogen) atoms. The van der Waals surface area contributed by atoms with E-state index in [1.807, 2.05) is 32.6 Å². The molecule has 6 heteroatoms. The molecule has 0 bridgehead atoms. The summed E-state index contributed by atoms with van der Waals surface area (Å²) in [6, 6.07) is 0.157. The molecule has 0 aliphatic carbocycles. The lowest BCUT2D eigenvalue weighted by molar-refractivity contribution is -0.137. The first-order chi connectivity index (χ1) is 9.34. The van der Waals surface area contributed by atoms with Gasteiger partial charge < -0.3 is 14.6 Å². The van der Waals surface area contributed by atoms with Gasteiger partial charge >= 0.3 is 5.97 Å². The maximum absolute atomic E-state index is 12.4. The van der Waals surface area contributed by atoms with Gasteiger partial charge in [-0.1, -0.05) is 0 Å². The number of nitrogens with zero attached hydrogens (tertiary/aromatic N) is 3. The maximum Gasteiger partial charge on any atom is 0.303 e. The molecule has 0 aliphatic rings. The van der Waals surface area contributed by atoms with Gasteiger partial charge in [-0.3, -0.25) is 9.59 Å². The number of hydrogen-bond acceptors (Lipinski definition) is 4. The Bertz CT molecular complexity index is 509. The molecule has 0 fully saturated rings. The van der Waals surface area contributed by atoms with Gasteiger partial charge in [0.1, 0.15) is 0 Å². The van der Waals surface area contributed by atoms with Crippen molar-refractivity contribution in [2.24, 2.45) is 0 Å². The van der Waals surface area contributed by atoms with E-state index in [0.717, 1.165) is 0 Å². The molecule has 0 amide bonds. The first-order valence-corrected chi connectivity index (χ1v) is 6.90. The van der Waals surface area contributed by atoms with Crippen LogP contribution in [0, 0.1) is 0 Å². The third kappa shape index (κ3) is 4.08. The van der Waals surface area contributed by atoms with E-state index in [2.05, 4.69) is 4.98 Å². The van der Waals surface area contributed by atoms with E-state index < -0.39 is 5.97 Å². The number of hydrogen-bond donors (Lipinski definition) is 1.